The molecule has 1 aromatic carbocycles. The molecule has 0 fully saturated rings. The highest BCUT2D eigenvalue weighted by Gasteiger charge is 2.24. The number of H-pyrrole nitrogens is 1. The van der Waals surface area contributed by atoms with Crippen LogP contribution in [0.2, 0.25) is 0 Å². The summed E-state index contributed by atoms with van der Waals surface area (Å²) in [7, 11) is 1.72. The minimum atomic E-state index is -0.845. The van der Waals surface area contributed by atoms with Gasteiger partial charge in [-0.05, 0) is 5.56 Å². The molecule has 3 N–H and O–H groups in total. The lowest BCUT2D eigenvalue weighted by Crippen LogP contribution is -2.37. The Morgan fingerprint density at radius 1 is 1.21 bits per heavy atom. The summed E-state index contributed by atoms with van der Waals surface area (Å²) in [6.07, 6.45) is 4.57. The first kappa shape index (κ1) is 15.5. The number of aromatic nitrogens is 4. The Labute approximate surface area is 137 Å². The van der Waals surface area contributed by atoms with Gasteiger partial charge in [0.1, 0.15) is 11.9 Å². The largest absolute Gasteiger partial charge is 0.336 e. The number of aryl methyl sites for hydroxylation is 1. The lowest BCUT2D eigenvalue weighted by atomic mass is 10.1. The number of carbonyl (C=O) groups excluding carboxylic acids is 2. The number of nitrogens with one attached hydrogen (secondary N) is 3. The van der Waals surface area contributed by atoms with E-state index in [4.69, 9.17) is 0 Å². The van der Waals surface area contributed by atoms with Crippen LogP contribution in [0.1, 0.15) is 22.0 Å². The van der Waals surface area contributed by atoms with E-state index in [-0.39, 0.29) is 11.8 Å². The maximum absolute atomic E-state index is 12.6. The van der Waals surface area contributed by atoms with Crippen molar-refractivity contribution >= 4 is 17.6 Å². The molecular formula is C16H16N6O2. The molecule has 122 valence electrons. The monoisotopic (exact) mass is 324 g/mol. The molecular weight excluding hydrogens is 308 g/mol. The number of benzene rings is 1. The first-order valence-corrected chi connectivity index (χ1v) is 7.28. The van der Waals surface area contributed by atoms with Crippen molar-refractivity contribution in [3.63, 3.8) is 0 Å². The van der Waals surface area contributed by atoms with E-state index in [9.17, 15) is 9.59 Å². The van der Waals surface area contributed by atoms with Gasteiger partial charge in [-0.2, -0.15) is 10.2 Å². The smallest absolute Gasteiger partial charge is 0.255 e. The quantitative estimate of drug-likeness (QED) is 0.657. The Morgan fingerprint density at radius 2 is 2.00 bits per heavy atom. The Bertz CT molecular complexity index is 825. The Morgan fingerprint density at radius 3 is 2.62 bits per heavy atom. The molecule has 3 rings (SSSR count). The number of nitrogens with zero attached hydrogens (tertiary/aromatic N) is 3. The fourth-order valence-electron chi connectivity index (χ4n) is 2.23. The number of rotatable bonds is 5. The van der Waals surface area contributed by atoms with Crippen LogP contribution in [0.25, 0.3) is 0 Å². The number of amides is 2. The molecule has 0 aliphatic carbocycles. The first-order valence-electron chi connectivity index (χ1n) is 7.28. The summed E-state index contributed by atoms with van der Waals surface area (Å²) < 4.78 is 1.52. The zero-order valence-electron chi connectivity index (χ0n) is 12.9. The topological polar surface area (TPSA) is 105 Å². The normalized spacial score (nSPS) is 11.7. The molecule has 2 heterocycles. The van der Waals surface area contributed by atoms with Gasteiger partial charge in [0.15, 0.2) is 0 Å². The van der Waals surface area contributed by atoms with E-state index in [1.807, 2.05) is 18.2 Å². The summed E-state index contributed by atoms with van der Waals surface area (Å²) in [5.74, 6) is -0.295. The van der Waals surface area contributed by atoms with E-state index in [0.717, 1.165) is 0 Å². The molecule has 0 aliphatic rings. The molecule has 8 heteroatoms. The number of hydrogen-bond acceptors (Lipinski definition) is 4. The van der Waals surface area contributed by atoms with Gasteiger partial charge in [0.25, 0.3) is 11.8 Å². The van der Waals surface area contributed by atoms with Gasteiger partial charge in [0.05, 0.1) is 18.0 Å². The van der Waals surface area contributed by atoms with Gasteiger partial charge in [-0.15, -0.1) is 0 Å². The van der Waals surface area contributed by atoms with Gasteiger partial charge in [-0.25, -0.2) is 0 Å². The maximum Gasteiger partial charge on any atom is 0.255 e. The second-order valence-corrected chi connectivity index (χ2v) is 5.18. The van der Waals surface area contributed by atoms with E-state index < -0.39 is 6.04 Å². The SMILES string of the molecule is Cn1cc(C(=O)N[C@H](C(=O)Nc2ccn[nH]2)c2ccccc2)cn1. The molecule has 0 bridgehead atoms. The number of anilines is 1. The third kappa shape index (κ3) is 3.49. The van der Waals surface area contributed by atoms with Crippen LogP contribution < -0.4 is 10.6 Å². The summed E-state index contributed by atoms with van der Waals surface area (Å²) in [6, 6.07) is 9.80. The number of carbonyl (C=O) groups is 2. The van der Waals surface area contributed by atoms with Crippen molar-refractivity contribution in [1.29, 1.82) is 0 Å². The molecule has 8 nitrogen and oxygen atoms in total. The average Bonchev–Trinajstić information content (AvgIpc) is 3.24. The molecule has 0 unspecified atom stereocenters. The number of aromatic amines is 1. The van der Waals surface area contributed by atoms with Crippen LogP contribution >= 0.6 is 0 Å². The molecule has 3 aromatic rings. The fourth-order valence-corrected chi connectivity index (χ4v) is 2.23. The molecule has 0 aliphatic heterocycles. The first-order chi connectivity index (χ1) is 11.6. The third-order valence-corrected chi connectivity index (χ3v) is 3.40. The standard InChI is InChI=1S/C16H16N6O2/c1-22-10-12(9-18-22)15(23)20-14(11-5-3-2-4-6-11)16(24)19-13-7-8-17-21-13/h2-10,14H,1H3,(H,20,23)(H2,17,19,21,24)/t14-/m0/s1. The van der Waals surface area contributed by atoms with Crippen LogP contribution in [0, 0.1) is 0 Å². The maximum atomic E-state index is 12.6. The molecule has 0 saturated carbocycles. The second-order valence-electron chi connectivity index (χ2n) is 5.18. The van der Waals surface area contributed by atoms with E-state index in [2.05, 4.69) is 25.9 Å². The van der Waals surface area contributed by atoms with Crippen molar-refractivity contribution in [1.82, 2.24) is 25.3 Å². The van der Waals surface area contributed by atoms with Crippen LogP contribution in [0.4, 0.5) is 5.82 Å². The van der Waals surface area contributed by atoms with Crippen LogP contribution in [0.5, 0.6) is 0 Å². The van der Waals surface area contributed by atoms with Crippen LogP contribution in [-0.4, -0.2) is 31.8 Å². The molecule has 0 radical (unpaired) electrons. The van der Waals surface area contributed by atoms with Crippen LogP contribution in [0.15, 0.2) is 55.0 Å². The van der Waals surface area contributed by atoms with E-state index in [1.165, 1.54) is 17.1 Å². The van der Waals surface area contributed by atoms with Gasteiger partial charge in [-0.3, -0.25) is 19.4 Å². The molecule has 0 saturated heterocycles. The molecule has 2 aromatic heterocycles. The average molecular weight is 324 g/mol. The molecule has 24 heavy (non-hydrogen) atoms. The zero-order chi connectivity index (χ0) is 16.9. The highest BCUT2D eigenvalue weighted by Crippen LogP contribution is 2.16. The Kier molecular flexibility index (Phi) is 4.37. The summed E-state index contributed by atoms with van der Waals surface area (Å²) in [4.78, 5) is 25.0. The minimum Gasteiger partial charge on any atom is -0.336 e. The fraction of sp³-hybridized carbons (Fsp3) is 0.125. The van der Waals surface area contributed by atoms with Gasteiger partial charge in [-0.1, -0.05) is 30.3 Å². The zero-order valence-corrected chi connectivity index (χ0v) is 12.9. The van der Waals surface area contributed by atoms with Crippen molar-refractivity contribution in [2.24, 2.45) is 7.05 Å². The van der Waals surface area contributed by atoms with E-state index in [0.29, 0.717) is 16.9 Å². The van der Waals surface area contributed by atoms with E-state index >= 15 is 0 Å². The second kappa shape index (κ2) is 6.78. The summed E-state index contributed by atoms with van der Waals surface area (Å²) in [5.41, 5.74) is 1.06. The Balaban J connectivity index is 1.82. The Hall–Kier alpha value is -3.42. The predicted octanol–water partition coefficient (Wildman–Crippen LogP) is 1.25. The van der Waals surface area contributed by atoms with Gasteiger partial charge in [0.2, 0.25) is 0 Å². The van der Waals surface area contributed by atoms with Crippen LogP contribution in [0.3, 0.4) is 0 Å². The molecule has 1 atom stereocenters. The summed E-state index contributed by atoms with van der Waals surface area (Å²) >= 11 is 0. The molecule has 0 spiro atoms. The molecule has 2 amide bonds. The third-order valence-electron chi connectivity index (χ3n) is 3.40. The number of hydrogen-bond donors (Lipinski definition) is 3. The van der Waals surface area contributed by atoms with Crippen molar-refractivity contribution in [3.8, 4) is 0 Å². The minimum absolute atomic E-state index is 0.373. The van der Waals surface area contributed by atoms with Gasteiger partial charge < -0.3 is 10.6 Å². The summed E-state index contributed by atoms with van der Waals surface area (Å²) in [6.45, 7) is 0. The lowest BCUT2D eigenvalue weighted by Gasteiger charge is -2.18. The highest BCUT2D eigenvalue weighted by atomic mass is 16.2. The van der Waals surface area contributed by atoms with Gasteiger partial charge >= 0.3 is 0 Å². The van der Waals surface area contributed by atoms with Crippen molar-refractivity contribution in [3.05, 3.63) is 66.1 Å². The van der Waals surface area contributed by atoms with Crippen LogP contribution in [-0.2, 0) is 11.8 Å². The van der Waals surface area contributed by atoms with Gasteiger partial charge in [0, 0.05) is 19.3 Å². The lowest BCUT2D eigenvalue weighted by molar-refractivity contribution is -0.118. The predicted molar refractivity (Wildman–Crippen MR) is 87.1 cm³/mol. The van der Waals surface area contributed by atoms with Crippen molar-refractivity contribution in [2.45, 2.75) is 6.04 Å². The van der Waals surface area contributed by atoms with Crippen molar-refractivity contribution < 1.29 is 9.59 Å². The van der Waals surface area contributed by atoms with Crippen molar-refractivity contribution in [2.75, 3.05) is 5.32 Å². The van der Waals surface area contributed by atoms with E-state index in [1.54, 1.807) is 31.4 Å². The highest BCUT2D eigenvalue weighted by molar-refractivity contribution is 6.01. The summed E-state index contributed by atoms with van der Waals surface area (Å²) in [5, 5.41) is 15.8.